The number of aliphatic hydroxyl groups is 1. The molecule has 2 atom stereocenters. The molecular weight excluding hydrogens is 328 g/mol. The van der Waals surface area contributed by atoms with E-state index in [4.69, 9.17) is 9.47 Å². The molecule has 1 aromatic carbocycles. The Morgan fingerprint density at radius 2 is 2.08 bits per heavy atom. The molecule has 2 unspecified atom stereocenters. The maximum atomic E-state index is 11.8. The van der Waals surface area contributed by atoms with E-state index in [2.05, 4.69) is 4.74 Å². The largest absolute Gasteiger partial charge is 0.507 e. The fraction of sp³-hybridized carbons (Fsp3) is 0.444. The third-order valence-corrected chi connectivity index (χ3v) is 4.39. The number of hydrogen-bond acceptors (Lipinski definition) is 7. The van der Waals surface area contributed by atoms with Crippen molar-refractivity contribution in [1.29, 1.82) is 0 Å². The maximum absolute atomic E-state index is 11.8. The summed E-state index contributed by atoms with van der Waals surface area (Å²) in [5.41, 5.74) is 1.93. The van der Waals surface area contributed by atoms with Crippen LogP contribution in [0.4, 0.5) is 0 Å². The van der Waals surface area contributed by atoms with E-state index in [-0.39, 0.29) is 24.3 Å². The lowest BCUT2D eigenvalue weighted by Gasteiger charge is -2.16. The number of carbonyl (C=O) groups is 2. The Hall–Kier alpha value is -2.54. The molecule has 2 rings (SSSR count). The molecule has 0 aromatic heterocycles. The highest BCUT2D eigenvalue weighted by Gasteiger charge is 2.31. The minimum absolute atomic E-state index is 0.107. The van der Waals surface area contributed by atoms with Gasteiger partial charge in [-0.15, -0.1) is 0 Å². The van der Waals surface area contributed by atoms with Crippen LogP contribution in [0.25, 0.3) is 0 Å². The Balaban J connectivity index is 2.30. The summed E-state index contributed by atoms with van der Waals surface area (Å²) in [6, 6.07) is 0. The number of aromatic hydroxyl groups is 1. The van der Waals surface area contributed by atoms with E-state index >= 15 is 0 Å². The average Bonchev–Trinajstić information content (AvgIpc) is 2.99. The van der Waals surface area contributed by atoms with Gasteiger partial charge in [0, 0.05) is 11.1 Å². The van der Waals surface area contributed by atoms with Crippen LogP contribution in [0.5, 0.6) is 11.5 Å². The molecule has 136 valence electrons. The Morgan fingerprint density at radius 3 is 2.68 bits per heavy atom. The molecule has 0 saturated heterocycles. The molecule has 0 radical (unpaired) electrons. The summed E-state index contributed by atoms with van der Waals surface area (Å²) in [5.74, 6) is -1.51. The number of esters is 2. The lowest BCUT2D eigenvalue weighted by molar-refractivity contribution is -0.147. The molecule has 1 aromatic rings. The second kappa shape index (κ2) is 7.57. The predicted molar refractivity (Wildman–Crippen MR) is 88.5 cm³/mol. The monoisotopic (exact) mass is 350 g/mol. The number of allylic oxidation sites excluding steroid dienone is 1. The molecule has 25 heavy (non-hydrogen) atoms. The second-order valence-electron chi connectivity index (χ2n) is 5.85. The number of aliphatic hydroxyl groups excluding tert-OH is 1. The first-order valence-corrected chi connectivity index (χ1v) is 7.84. The van der Waals surface area contributed by atoms with Crippen molar-refractivity contribution in [2.75, 3.05) is 14.2 Å². The molecular formula is C18H22O7. The third kappa shape index (κ3) is 3.46. The van der Waals surface area contributed by atoms with Crippen molar-refractivity contribution < 1.29 is 34.0 Å². The normalized spacial score (nSPS) is 15.6. The van der Waals surface area contributed by atoms with Crippen LogP contribution >= 0.6 is 0 Å². The summed E-state index contributed by atoms with van der Waals surface area (Å²) in [4.78, 5) is 23.3. The second-order valence-corrected chi connectivity index (χ2v) is 5.85. The average molecular weight is 350 g/mol. The Kier molecular flexibility index (Phi) is 5.69. The van der Waals surface area contributed by atoms with E-state index in [1.165, 1.54) is 20.3 Å². The fourth-order valence-electron chi connectivity index (χ4n) is 2.85. The van der Waals surface area contributed by atoms with E-state index in [9.17, 15) is 19.8 Å². The van der Waals surface area contributed by atoms with Crippen LogP contribution in [0, 0.1) is 12.8 Å². The van der Waals surface area contributed by atoms with Gasteiger partial charge in [-0.2, -0.15) is 0 Å². The topological polar surface area (TPSA) is 102 Å². The summed E-state index contributed by atoms with van der Waals surface area (Å²) in [5, 5.41) is 20.5. The van der Waals surface area contributed by atoms with Crippen LogP contribution in [0.1, 0.15) is 34.0 Å². The van der Waals surface area contributed by atoms with Gasteiger partial charge >= 0.3 is 11.9 Å². The number of benzene rings is 1. The zero-order valence-electron chi connectivity index (χ0n) is 14.7. The molecule has 0 saturated carbocycles. The van der Waals surface area contributed by atoms with E-state index in [0.29, 0.717) is 16.9 Å². The van der Waals surface area contributed by atoms with Crippen LogP contribution in [0.15, 0.2) is 12.2 Å². The summed E-state index contributed by atoms with van der Waals surface area (Å²) in [6.45, 7) is 3.45. The quantitative estimate of drug-likeness (QED) is 0.594. The minimum atomic E-state index is -1.03. The first-order chi connectivity index (χ1) is 11.8. The van der Waals surface area contributed by atoms with Crippen molar-refractivity contribution in [2.45, 2.75) is 33.0 Å². The Labute approximate surface area is 145 Å². The van der Waals surface area contributed by atoms with Gasteiger partial charge in [0.2, 0.25) is 0 Å². The molecule has 1 heterocycles. The number of methoxy groups -OCH3 is 2. The highest BCUT2D eigenvalue weighted by Crippen LogP contribution is 2.41. The molecule has 0 amide bonds. The van der Waals surface area contributed by atoms with Gasteiger partial charge in [0.15, 0.2) is 0 Å². The maximum Gasteiger partial charge on any atom is 0.342 e. The SMILES string of the molecule is COC(=O)C(C)C(O)/C=C/Cc1c(O)c2c(c(C)c1OC)COC2=O. The minimum Gasteiger partial charge on any atom is -0.507 e. The van der Waals surface area contributed by atoms with Gasteiger partial charge in [-0.3, -0.25) is 4.79 Å². The number of phenols is 1. The van der Waals surface area contributed by atoms with Crippen molar-refractivity contribution in [3.8, 4) is 11.5 Å². The van der Waals surface area contributed by atoms with Crippen LogP contribution < -0.4 is 4.74 Å². The van der Waals surface area contributed by atoms with Gasteiger partial charge in [0.05, 0.1) is 26.2 Å². The fourth-order valence-corrected chi connectivity index (χ4v) is 2.85. The van der Waals surface area contributed by atoms with Crippen LogP contribution in [-0.2, 0) is 27.3 Å². The molecule has 0 aliphatic carbocycles. The van der Waals surface area contributed by atoms with Crippen LogP contribution in [0.3, 0.4) is 0 Å². The predicted octanol–water partition coefficient (Wildman–Crippen LogP) is 1.65. The first-order valence-electron chi connectivity index (χ1n) is 7.84. The molecule has 0 fully saturated rings. The van der Waals surface area contributed by atoms with Gasteiger partial charge < -0.3 is 24.4 Å². The smallest absolute Gasteiger partial charge is 0.342 e. The number of hydrogen-bond donors (Lipinski definition) is 2. The Bertz CT molecular complexity index is 721. The Morgan fingerprint density at radius 1 is 1.40 bits per heavy atom. The van der Waals surface area contributed by atoms with Crippen molar-refractivity contribution >= 4 is 11.9 Å². The van der Waals surface area contributed by atoms with Crippen molar-refractivity contribution in [2.24, 2.45) is 5.92 Å². The summed E-state index contributed by atoms with van der Waals surface area (Å²) >= 11 is 0. The molecule has 0 spiro atoms. The molecule has 1 aliphatic rings. The van der Waals surface area contributed by atoms with Gasteiger partial charge in [0.1, 0.15) is 23.7 Å². The van der Waals surface area contributed by atoms with E-state index < -0.39 is 24.0 Å². The van der Waals surface area contributed by atoms with E-state index in [0.717, 1.165) is 5.56 Å². The highest BCUT2D eigenvalue weighted by molar-refractivity contribution is 5.98. The van der Waals surface area contributed by atoms with Gasteiger partial charge in [-0.25, -0.2) is 4.79 Å². The van der Waals surface area contributed by atoms with Gasteiger partial charge in [0.25, 0.3) is 0 Å². The van der Waals surface area contributed by atoms with E-state index in [1.807, 2.05) is 0 Å². The number of phenolic OH excluding ortho intramolecular Hbond substituents is 1. The number of ether oxygens (including phenoxy) is 3. The van der Waals surface area contributed by atoms with Crippen molar-refractivity contribution in [3.05, 3.63) is 34.4 Å². The van der Waals surface area contributed by atoms with Gasteiger partial charge in [-0.05, 0) is 25.8 Å². The summed E-state index contributed by atoms with van der Waals surface area (Å²) in [6.07, 6.45) is 2.23. The van der Waals surface area contributed by atoms with Crippen LogP contribution in [0.2, 0.25) is 0 Å². The van der Waals surface area contributed by atoms with Crippen LogP contribution in [-0.4, -0.2) is 42.5 Å². The number of fused-ring (bicyclic) bond motifs is 1. The zero-order valence-corrected chi connectivity index (χ0v) is 14.7. The highest BCUT2D eigenvalue weighted by atomic mass is 16.5. The van der Waals surface area contributed by atoms with Crippen molar-refractivity contribution in [1.82, 2.24) is 0 Å². The summed E-state index contributed by atoms with van der Waals surface area (Å²) in [7, 11) is 2.73. The molecule has 7 heteroatoms. The van der Waals surface area contributed by atoms with E-state index in [1.54, 1.807) is 19.9 Å². The molecule has 2 N–H and O–H groups in total. The lowest BCUT2D eigenvalue weighted by Crippen LogP contribution is -2.24. The number of rotatable bonds is 6. The molecule has 7 nitrogen and oxygen atoms in total. The first kappa shape index (κ1) is 18.8. The lowest BCUT2D eigenvalue weighted by atomic mass is 9.95. The van der Waals surface area contributed by atoms with Crippen molar-refractivity contribution in [3.63, 3.8) is 0 Å². The number of cyclic esters (lactones) is 1. The number of carbonyl (C=O) groups excluding carboxylic acids is 2. The molecule has 0 bridgehead atoms. The zero-order chi connectivity index (χ0) is 18.7. The van der Waals surface area contributed by atoms with Gasteiger partial charge in [-0.1, -0.05) is 12.2 Å². The summed E-state index contributed by atoms with van der Waals surface area (Å²) < 4.78 is 15.0. The third-order valence-electron chi connectivity index (χ3n) is 4.39. The standard InChI is InChI=1S/C18H22O7/c1-9-12-8-25-18(22)14(12)15(20)11(16(9)23-3)6-5-7-13(19)10(2)17(21)24-4/h5,7,10,13,19-20H,6,8H2,1-4H3/b7-5+. The molecule has 1 aliphatic heterocycles.